The number of benzene rings is 1. The summed E-state index contributed by atoms with van der Waals surface area (Å²) in [4.78, 5) is 12.6. The summed E-state index contributed by atoms with van der Waals surface area (Å²) in [7, 11) is 0. The molecule has 2 rings (SSSR count). The third-order valence-corrected chi connectivity index (χ3v) is 5.03. The Kier molecular flexibility index (Phi) is 9.46. The van der Waals surface area contributed by atoms with E-state index in [4.69, 9.17) is 4.74 Å². The van der Waals surface area contributed by atoms with E-state index in [0.717, 1.165) is 30.6 Å². The Labute approximate surface area is 153 Å². The molecule has 1 aromatic rings. The largest absolute Gasteiger partial charge is 0.494 e. The Hall–Kier alpha value is -1.51. The van der Waals surface area contributed by atoms with Crippen molar-refractivity contribution in [3.05, 3.63) is 29.8 Å². The second-order valence-corrected chi connectivity index (χ2v) is 7.30. The highest BCUT2D eigenvalue weighted by Gasteiger charge is 2.14. The Morgan fingerprint density at radius 1 is 0.920 bits per heavy atom. The van der Waals surface area contributed by atoms with E-state index in [0.29, 0.717) is 12.6 Å². The van der Waals surface area contributed by atoms with Crippen molar-refractivity contribution in [3.63, 3.8) is 0 Å². The summed E-state index contributed by atoms with van der Waals surface area (Å²) >= 11 is 0. The zero-order chi connectivity index (χ0) is 17.7. The maximum Gasteiger partial charge on any atom is 0.251 e. The van der Waals surface area contributed by atoms with Crippen LogP contribution in [0.3, 0.4) is 0 Å². The quantitative estimate of drug-likeness (QED) is 0.724. The third-order valence-electron chi connectivity index (χ3n) is 5.03. The smallest absolute Gasteiger partial charge is 0.251 e. The van der Waals surface area contributed by atoms with Gasteiger partial charge in [0.1, 0.15) is 5.75 Å². The molecule has 1 aromatic carbocycles. The molecule has 1 amide bonds. The molecular formula is C22H35NO2. The van der Waals surface area contributed by atoms with Gasteiger partial charge < -0.3 is 10.1 Å². The second kappa shape index (κ2) is 11.9. The molecule has 0 bridgehead atoms. The van der Waals surface area contributed by atoms with Gasteiger partial charge in [0.2, 0.25) is 0 Å². The number of nitrogens with one attached hydrogen (secondary N) is 1. The molecule has 0 radical (unpaired) electrons. The minimum atomic E-state index is 0.0548. The van der Waals surface area contributed by atoms with Crippen LogP contribution in [-0.4, -0.2) is 18.6 Å². The molecule has 140 valence electrons. The highest BCUT2D eigenvalue weighted by Crippen LogP contribution is 2.18. The monoisotopic (exact) mass is 345 g/mol. The van der Waals surface area contributed by atoms with Gasteiger partial charge in [0.05, 0.1) is 6.61 Å². The van der Waals surface area contributed by atoms with Gasteiger partial charge in [-0.15, -0.1) is 0 Å². The van der Waals surface area contributed by atoms with Gasteiger partial charge in [0.15, 0.2) is 0 Å². The van der Waals surface area contributed by atoms with Crippen LogP contribution in [-0.2, 0) is 0 Å². The molecule has 1 saturated carbocycles. The van der Waals surface area contributed by atoms with Gasteiger partial charge in [-0.1, -0.05) is 64.7 Å². The number of carbonyl (C=O) groups is 1. The first-order valence-corrected chi connectivity index (χ1v) is 10.3. The summed E-state index contributed by atoms with van der Waals surface area (Å²) in [6.07, 6.45) is 15.1. The lowest BCUT2D eigenvalue weighted by Crippen LogP contribution is -2.34. The number of ether oxygens (including phenoxy) is 1. The van der Waals surface area contributed by atoms with E-state index in [1.807, 2.05) is 24.3 Å². The molecule has 3 nitrogen and oxygen atoms in total. The van der Waals surface area contributed by atoms with Gasteiger partial charge in [0.25, 0.3) is 5.91 Å². The van der Waals surface area contributed by atoms with Crippen LogP contribution in [0.2, 0.25) is 0 Å². The molecule has 0 spiro atoms. The molecular weight excluding hydrogens is 310 g/mol. The lowest BCUT2D eigenvalue weighted by atomic mass is 9.97. The summed E-state index contributed by atoms with van der Waals surface area (Å²) in [6.45, 7) is 2.80. The van der Waals surface area contributed by atoms with Gasteiger partial charge in [-0.25, -0.2) is 0 Å². The third kappa shape index (κ3) is 7.94. The Morgan fingerprint density at radius 3 is 1.96 bits per heavy atom. The van der Waals surface area contributed by atoms with Crippen LogP contribution in [0.25, 0.3) is 0 Å². The lowest BCUT2D eigenvalue weighted by molar-refractivity contribution is 0.0931. The Bertz CT molecular complexity index is 471. The van der Waals surface area contributed by atoms with Crippen LogP contribution in [0.5, 0.6) is 5.75 Å². The lowest BCUT2D eigenvalue weighted by Gasteiger charge is -2.19. The molecule has 1 fully saturated rings. The highest BCUT2D eigenvalue weighted by atomic mass is 16.5. The molecule has 1 N–H and O–H groups in total. The number of rotatable bonds is 5. The molecule has 1 aliphatic rings. The first kappa shape index (κ1) is 19.8. The zero-order valence-corrected chi connectivity index (χ0v) is 15.9. The molecule has 1 aliphatic carbocycles. The zero-order valence-electron chi connectivity index (χ0n) is 15.9. The van der Waals surface area contributed by atoms with Gasteiger partial charge in [-0.2, -0.15) is 0 Å². The van der Waals surface area contributed by atoms with Gasteiger partial charge in [-0.3, -0.25) is 4.79 Å². The summed E-state index contributed by atoms with van der Waals surface area (Å²) in [5, 5.41) is 3.27. The van der Waals surface area contributed by atoms with Crippen molar-refractivity contribution in [3.8, 4) is 5.75 Å². The molecule has 0 unspecified atom stereocenters. The van der Waals surface area contributed by atoms with Crippen LogP contribution in [0.1, 0.15) is 94.3 Å². The van der Waals surface area contributed by atoms with E-state index in [1.165, 1.54) is 57.8 Å². The van der Waals surface area contributed by atoms with Crippen LogP contribution in [0, 0.1) is 0 Å². The summed E-state index contributed by atoms with van der Waals surface area (Å²) < 4.78 is 5.59. The van der Waals surface area contributed by atoms with Crippen molar-refractivity contribution in [2.24, 2.45) is 0 Å². The predicted octanol–water partition coefficient (Wildman–Crippen LogP) is 5.88. The standard InChI is InChI=1S/C22H35NO2/c1-2-18-25-21-16-14-19(15-17-21)22(24)23-20-12-10-8-6-4-3-5-7-9-11-13-20/h14-17,20H,2-13,18H2,1H3,(H,23,24). The molecule has 25 heavy (non-hydrogen) atoms. The van der Waals surface area contributed by atoms with Crippen LogP contribution in [0.4, 0.5) is 0 Å². The van der Waals surface area contributed by atoms with Crippen LogP contribution >= 0.6 is 0 Å². The number of carbonyl (C=O) groups excluding carboxylic acids is 1. The van der Waals surface area contributed by atoms with Gasteiger partial charge in [0, 0.05) is 11.6 Å². The topological polar surface area (TPSA) is 38.3 Å². The molecule has 0 atom stereocenters. The van der Waals surface area contributed by atoms with Crippen molar-refractivity contribution < 1.29 is 9.53 Å². The maximum absolute atomic E-state index is 12.6. The van der Waals surface area contributed by atoms with E-state index in [2.05, 4.69) is 12.2 Å². The van der Waals surface area contributed by atoms with Crippen molar-refractivity contribution in [2.75, 3.05) is 6.61 Å². The maximum atomic E-state index is 12.6. The fourth-order valence-electron chi connectivity index (χ4n) is 3.50. The van der Waals surface area contributed by atoms with Gasteiger partial charge >= 0.3 is 0 Å². The van der Waals surface area contributed by atoms with Crippen molar-refractivity contribution in [1.29, 1.82) is 0 Å². The minimum Gasteiger partial charge on any atom is -0.494 e. The van der Waals surface area contributed by atoms with E-state index in [-0.39, 0.29) is 5.91 Å². The van der Waals surface area contributed by atoms with E-state index >= 15 is 0 Å². The van der Waals surface area contributed by atoms with Gasteiger partial charge in [-0.05, 0) is 43.5 Å². The van der Waals surface area contributed by atoms with Crippen LogP contribution in [0.15, 0.2) is 24.3 Å². The molecule has 0 aromatic heterocycles. The highest BCUT2D eigenvalue weighted by molar-refractivity contribution is 5.94. The molecule has 0 heterocycles. The van der Waals surface area contributed by atoms with E-state index < -0.39 is 0 Å². The molecule has 0 aliphatic heterocycles. The second-order valence-electron chi connectivity index (χ2n) is 7.30. The molecule has 3 heteroatoms. The first-order valence-electron chi connectivity index (χ1n) is 10.3. The van der Waals surface area contributed by atoms with E-state index in [9.17, 15) is 4.79 Å². The predicted molar refractivity (Wildman–Crippen MR) is 104 cm³/mol. The number of hydrogen-bond donors (Lipinski definition) is 1. The van der Waals surface area contributed by atoms with Crippen LogP contribution < -0.4 is 10.1 Å². The normalized spacial score (nSPS) is 18.0. The fourth-order valence-corrected chi connectivity index (χ4v) is 3.50. The minimum absolute atomic E-state index is 0.0548. The average molecular weight is 346 g/mol. The average Bonchev–Trinajstić information content (AvgIpc) is 2.62. The Balaban J connectivity index is 1.84. The summed E-state index contributed by atoms with van der Waals surface area (Å²) in [5.41, 5.74) is 0.731. The number of hydrogen-bond acceptors (Lipinski definition) is 2. The number of amides is 1. The fraction of sp³-hybridized carbons (Fsp3) is 0.682. The first-order chi connectivity index (χ1) is 12.3. The van der Waals surface area contributed by atoms with Crippen molar-refractivity contribution in [1.82, 2.24) is 5.32 Å². The molecule has 0 saturated heterocycles. The van der Waals surface area contributed by atoms with Crippen molar-refractivity contribution >= 4 is 5.91 Å². The SMILES string of the molecule is CCCOc1ccc(C(=O)NC2CCCCCCCCCCC2)cc1. The van der Waals surface area contributed by atoms with Crippen molar-refractivity contribution in [2.45, 2.75) is 90.0 Å². The summed E-state index contributed by atoms with van der Waals surface area (Å²) in [5.74, 6) is 0.892. The van der Waals surface area contributed by atoms with E-state index in [1.54, 1.807) is 0 Å². The Morgan fingerprint density at radius 2 is 1.44 bits per heavy atom. The summed E-state index contributed by atoms with van der Waals surface area (Å²) in [6, 6.07) is 7.85.